The molecule has 0 saturated heterocycles. The summed E-state index contributed by atoms with van der Waals surface area (Å²) in [6.07, 6.45) is 2.91. The highest BCUT2D eigenvalue weighted by molar-refractivity contribution is 5.76. The van der Waals surface area contributed by atoms with Crippen LogP contribution in [0.3, 0.4) is 0 Å². The fourth-order valence-corrected chi connectivity index (χ4v) is 3.16. The molecule has 0 aromatic heterocycles. The third kappa shape index (κ3) is 3.35. The van der Waals surface area contributed by atoms with Gasteiger partial charge in [-0.25, -0.2) is 4.79 Å². The molecule has 5 nitrogen and oxygen atoms in total. The maximum Gasteiger partial charge on any atom is 0.315 e. The topological polar surface area (TPSA) is 78.4 Å². The lowest BCUT2D eigenvalue weighted by Gasteiger charge is -2.13. The van der Waals surface area contributed by atoms with Crippen LogP contribution in [0.1, 0.15) is 37.2 Å². The molecule has 2 aliphatic carbocycles. The highest BCUT2D eigenvalue weighted by Gasteiger charge is 2.40. The van der Waals surface area contributed by atoms with E-state index in [0.29, 0.717) is 18.8 Å². The van der Waals surface area contributed by atoms with Crippen molar-refractivity contribution >= 4 is 12.0 Å². The molecule has 2 amide bonds. The predicted octanol–water partition coefficient (Wildman–Crippen LogP) is 2.09. The Labute approximate surface area is 123 Å². The first-order chi connectivity index (χ1) is 10.1. The maximum atomic E-state index is 11.9. The zero-order valence-corrected chi connectivity index (χ0v) is 11.8. The summed E-state index contributed by atoms with van der Waals surface area (Å²) >= 11 is 0. The lowest BCUT2D eigenvalue weighted by Crippen LogP contribution is -2.42. The van der Waals surface area contributed by atoms with Crippen LogP contribution in [-0.4, -0.2) is 29.2 Å². The Kier molecular flexibility index (Phi) is 3.82. The van der Waals surface area contributed by atoms with Gasteiger partial charge < -0.3 is 15.7 Å². The van der Waals surface area contributed by atoms with Crippen molar-refractivity contribution in [2.75, 3.05) is 0 Å². The van der Waals surface area contributed by atoms with Gasteiger partial charge in [0.25, 0.3) is 0 Å². The number of nitrogens with one attached hydrogen (secondary N) is 2. The zero-order valence-electron chi connectivity index (χ0n) is 11.8. The van der Waals surface area contributed by atoms with Gasteiger partial charge in [0.1, 0.15) is 0 Å². The fraction of sp³-hybridized carbons (Fsp3) is 0.500. The molecule has 3 N–H and O–H groups in total. The van der Waals surface area contributed by atoms with E-state index < -0.39 is 5.97 Å². The molecule has 5 heteroatoms. The van der Waals surface area contributed by atoms with Crippen molar-refractivity contribution in [1.29, 1.82) is 0 Å². The molecule has 112 valence electrons. The van der Waals surface area contributed by atoms with Crippen LogP contribution in [0.15, 0.2) is 30.3 Å². The Morgan fingerprint density at radius 1 is 1.05 bits per heavy atom. The van der Waals surface area contributed by atoms with E-state index in [9.17, 15) is 9.59 Å². The summed E-state index contributed by atoms with van der Waals surface area (Å²) in [5.74, 6) is -0.661. The summed E-state index contributed by atoms with van der Waals surface area (Å²) in [5, 5.41) is 14.8. The van der Waals surface area contributed by atoms with Crippen LogP contribution >= 0.6 is 0 Å². The number of benzene rings is 1. The number of urea groups is 1. The smallest absolute Gasteiger partial charge is 0.315 e. The molecule has 1 aromatic rings. The minimum atomic E-state index is -0.758. The average Bonchev–Trinajstić information content (AvgIpc) is 3.06. The van der Waals surface area contributed by atoms with E-state index in [1.807, 2.05) is 18.2 Å². The van der Waals surface area contributed by atoms with E-state index in [1.54, 1.807) is 0 Å². The zero-order chi connectivity index (χ0) is 14.8. The molecule has 4 atom stereocenters. The first-order valence-corrected chi connectivity index (χ1v) is 7.48. The van der Waals surface area contributed by atoms with Crippen molar-refractivity contribution in [1.82, 2.24) is 10.6 Å². The van der Waals surface area contributed by atoms with Gasteiger partial charge in [-0.05, 0) is 31.2 Å². The summed E-state index contributed by atoms with van der Waals surface area (Å²) in [4.78, 5) is 22.8. The molecule has 2 fully saturated rings. The summed E-state index contributed by atoms with van der Waals surface area (Å²) in [6.45, 7) is 0. The molecule has 4 unspecified atom stereocenters. The van der Waals surface area contributed by atoms with Crippen LogP contribution in [-0.2, 0) is 4.79 Å². The van der Waals surface area contributed by atoms with Crippen LogP contribution in [0.4, 0.5) is 4.79 Å². The standard InChI is InChI=1S/C16H20N2O3/c19-15(20)11-6-7-12(8-11)17-16(21)18-14-9-13(14)10-4-2-1-3-5-10/h1-5,11-14H,6-9H2,(H,19,20)(H2,17,18,21). The number of hydrogen-bond acceptors (Lipinski definition) is 2. The lowest BCUT2D eigenvalue weighted by atomic mass is 10.1. The number of carbonyl (C=O) groups excluding carboxylic acids is 1. The summed E-state index contributed by atoms with van der Waals surface area (Å²) in [6, 6.07) is 10.2. The maximum absolute atomic E-state index is 11.9. The van der Waals surface area contributed by atoms with Crippen molar-refractivity contribution in [3.8, 4) is 0 Å². The van der Waals surface area contributed by atoms with Crippen molar-refractivity contribution in [2.24, 2.45) is 5.92 Å². The largest absolute Gasteiger partial charge is 0.481 e. The summed E-state index contributed by atoms with van der Waals surface area (Å²) in [7, 11) is 0. The Morgan fingerprint density at radius 3 is 2.48 bits per heavy atom. The molecule has 0 heterocycles. The van der Waals surface area contributed by atoms with Crippen LogP contribution in [0.5, 0.6) is 0 Å². The first kappa shape index (κ1) is 13.9. The van der Waals surface area contributed by atoms with Crippen LogP contribution in [0.25, 0.3) is 0 Å². The minimum absolute atomic E-state index is 0.0139. The summed E-state index contributed by atoms with van der Waals surface area (Å²) in [5.41, 5.74) is 1.26. The quantitative estimate of drug-likeness (QED) is 0.794. The van der Waals surface area contributed by atoms with E-state index in [0.717, 1.165) is 12.8 Å². The highest BCUT2D eigenvalue weighted by atomic mass is 16.4. The van der Waals surface area contributed by atoms with Crippen LogP contribution < -0.4 is 10.6 Å². The molecular formula is C16H20N2O3. The van der Waals surface area contributed by atoms with E-state index in [1.165, 1.54) is 5.56 Å². The second-order valence-electron chi connectivity index (χ2n) is 6.02. The molecular weight excluding hydrogens is 268 g/mol. The number of rotatable bonds is 4. The SMILES string of the molecule is O=C(NC1CCC(C(=O)O)C1)NC1CC1c1ccccc1. The highest BCUT2D eigenvalue weighted by Crippen LogP contribution is 2.40. The van der Waals surface area contributed by atoms with Crippen LogP contribution in [0.2, 0.25) is 0 Å². The van der Waals surface area contributed by atoms with Gasteiger partial charge in [0.05, 0.1) is 5.92 Å². The number of amides is 2. The van der Waals surface area contributed by atoms with Crippen molar-refractivity contribution in [3.63, 3.8) is 0 Å². The van der Waals surface area contributed by atoms with Gasteiger partial charge in [0, 0.05) is 18.0 Å². The molecule has 2 aliphatic rings. The minimum Gasteiger partial charge on any atom is -0.481 e. The normalized spacial score (nSPS) is 30.7. The second-order valence-corrected chi connectivity index (χ2v) is 6.02. The van der Waals surface area contributed by atoms with Gasteiger partial charge in [0.15, 0.2) is 0 Å². The van der Waals surface area contributed by atoms with Gasteiger partial charge in [-0.3, -0.25) is 4.79 Å². The van der Waals surface area contributed by atoms with E-state index in [4.69, 9.17) is 5.11 Å². The monoisotopic (exact) mass is 288 g/mol. The van der Waals surface area contributed by atoms with E-state index >= 15 is 0 Å². The first-order valence-electron chi connectivity index (χ1n) is 7.48. The van der Waals surface area contributed by atoms with Crippen molar-refractivity contribution in [3.05, 3.63) is 35.9 Å². The molecule has 2 saturated carbocycles. The van der Waals surface area contributed by atoms with E-state index in [-0.39, 0.29) is 24.0 Å². The molecule has 3 rings (SSSR count). The Morgan fingerprint density at radius 2 is 1.81 bits per heavy atom. The number of carbonyl (C=O) groups is 2. The number of carboxylic acids is 1. The molecule has 0 radical (unpaired) electrons. The number of hydrogen-bond donors (Lipinski definition) is 3. The van der Waals surface area contributed by atoms with Gasteiger partial charge in [-0.1, -0.05) is 30.3 Å². The molecule has 0 spiro atoms. The number of carboxylic acid groups (broad SMARTS) is 1. The van der Waals surface area contributed by atoms with Crippen molar-refractivity contribution in [2.45, 2.75) is 43.7 Å². The third-order valence-corrected chi connectivity index (χ3v) is 4.45. The van der Waals surface area contributed by atoms with Gasteiger partial charge in [-0.2, -0.15) is 0 Å². The Hall–Kier alpha value is -2.04. The van der Waals surface area contributed by atoms with Crippen molar-refractivity contribution < 1.29 is 14.7 Å². The molecule has 0 bridgehead atoms. The molecule has 21 heavy (non-hydrogen) atoms. The van der Waals surface area contributed by atoms with Gasteiger partial charge in [-0.15, -0.1) is 0 Å². The van der Waals surface area contributed by atoms with E-state index in [2.05, 4.69) is 22.8 Å². The Balaban J connectivity index is 1.43. The lowest BCUT2D eigenvalue weighted by molar-refractivity contribution is -0.141. The van der Waals surface area contributed by atoms with Crippen LogP contribution in [0, 0.1) is 5.92 Å². The van der Waals surface area contributed by atoms with Gasteiger partial charge in [0.2, 0.25) is 0 Å². The molecule has 1 aromatic carbocycles. The fourth-order valence-electron chi connectivity index (χ4n) is 3.16. The third-order valence-electron chi connectivity index (χ3n) is 4.45. The number of aliphatic carboxylic acids is 1. The van der Waals surface area contributed by atoms with Gasteiger partial charge >= 0.3 is 12.0 Å². The Bertz CT molecular complexity index is 532. The summed E-state index contributed by atoms with van der Waals surface area (Å²) < 4.78 is 0. The average molecular weight is 288 g/mol. The second kappa shape index (κ2) is 5.76. The molecule has 0 aliphatic heterocycles. The predicted molar refractivity (Wildman–Crippen MR) is 78.0 cm³/mol.